The average Bonchev–Trinajstić information content (AvgIpc) is 3.02. The summed E-state index contributed by atoms with van der Waals surface area (Å²) < 4.78 is 5.20. The first-order valence-electron chi connectivity index (χ1n) is 8.46. The molecule has 0 saturated carbocycles. The lowest BCUT2D eigenvalue weighted by atomic mass is 10.1. The van der Waals surface area contributed by atoms with Crippen molar-refractivity contribution in [3.63, 3.8) is 0 Å². The summed E-state index contributed by atoms with van der Waals surface area (Å²) in [4.78, 5) is 6.84. The number of aliphatic imine (C=N–C) groups is 1. The normalized spacial score (nSPS) is 18.3. The van der Waals surface area contributed by atoms with Gasteiger partial charge >= 0.3 is 0 Å². The Morgan fingerprint density at radius 1 is 1.33 bits per heavy atom. The number of methoxy groups -OCH3 is 1. The zero-order chi connectivity index (χ0) is 16.5. The van der Waals surface area contributed by atoms with Gasteiger partial charge < -0.3 is 15.4 Å². The van der Waals surface area contributed by atoms with Crippen LogP contribution in [-0.2, 0) is 11.3 Å². The Morgan fingerprint density at radius 3 is 2.83 bits per heavy atom. The summed E-state index contributed by atoms with van der Waals surface area (Å²) in [6.45, 7) is 6.85. The van der Waals surface area contributed by atoms with Crippen LogP contribution in [0.5, 0.6) is 0 Å². The van der Waals surface area contributed by atoms with Gasteiger partial charge in [-0.05, 0) is 37.4 Å². The van der Waals surface area contributed by atoms with Crippen LogP contribution < -0.4 is 10.6 Å². The van der Waals surface area contributed by atoms with E-state index in [4.69, 9.17) is 4.74 Å². The fourth-order valence-electron chi connectivity index (χ4n) is 3.05. The second-order valence-electron chi connectivity index (χ2n) is 6.06. The Hall–Kier alpha value is -0.860. The predicted molar refractivity (Wildman–Crippen MR) is 111 cm³/mol. The zero-order valence-electron chi connectivity index (χ0n) is 15.0. The van der Waals surface area contributed by atoms with E-state index in [1.165, 1.54) is 30.5 Å². The van der Waals surface area contributed by atoms with Crippen molar-refractivity contribution < 1.29 is 4.74 Å². The van der Waals surface area contributed by atoms with E-state index in [0.29, 0.717) is 6.04 Å². The highest BCUT2D eigenvalue weighted by atomic mass is 127. The van der Waals surface area contributed by atoms with Crippen LogP contribution in [0.25, 0.3) is 0 Å². The zero-order valence-corrected chi connectivity index (χ0v) is 17.4. The molecule has 1 aliphatic rings. The number of guanidine groups is 1. The van der Waals surface area contributed by atoms with Gasteiger partial charge in [-0.15, -0.1) is 24.0 Å². The van der Waals surface area contributed by atoms with E-state index in [1.807, 2.05) is 7.05 Å². The van der Waals surface area contributed by atoms with Crippen LogP contribution in [0.15, 0.2) is 29.3 Å². The van der Waals surface area contributed by atoms with E-state index >= 15 is 0 Å². The van der Waals surface area contributed by atoms with Crippen LogP contribution >= 0.6 is 24.0 Å². The van der Waals surface area contributed by atoms with Crippen LogP contribution in [-0.4, -0.2) is 57.3 Å². The molecule has 1 aromatic rings. The smallest absolute Gasteiger partial charge is 0.191 e. The number of benzene rings is 1. The van der Waals surface area contributed by atoms with E-state index in [2.05, 4.69) is 51.7 Å². The molecular weight excluding hydrogens is 415 g/mol. The number of rotatable bonds is 7. The molecule has 1 atom stereocenters. The third kappa shape index (κ3) is 6.57. The number of nitrogens with one attached hydrogen (secondary N) is 2. The van der Waals surface area contributed by atoms with Gasteiger partial charge in [0, 0.05) is 39.8 Å². The highest BCUT2D eigenvalue weighted by molar-refractivity contribution is 14.0. The van der Waals surface area contributed by atoms with Gasteiger partial charge in [-0.1, -0.05) is 24.3 Å². The van der Waals surface area contributed by atoms with Crippen molar-refractivity contribution in [2.24, 2.45) is 4.99 Å². The topological polar surface area (TPSA) is 48.9 Å². The number of likely N-dealkylation sites (tertiary alicyclic amines) is 1. The maximum atomic E-state index is 5.20. The first-order chi connectivity index (χ1) is 11.2. The third-order valence-corrected chi connectivity index (χ3v) is 4.52. The summed E-state index contributed by atoms with van der Waals surface area (Å²) in [5.74, 6) is 0.867. The Balaban J connectivity index is 0.00000288. The van der Waals surface area contributed by atoms with Gasteiger partial charge in [0.05, 0.1) is 6.61 Å². The van der Waals surface area contributed by atoms with Gasteiger partial charge in [0.2, 0.25) is 0 Å². The van der Waals surface area contributed by atoms with E-state index in [0.717, 1.165) is 32.2 Å². The second kappa shape index (κ2) is 11.7. The van der Waals surface area contributed by atoms with E-state index in [9.17, 15) is 0 Å². The molecule has 1 aliphatic heterocycles. The Bertz CT molecular complexity index is 510. The molecule has 0 bridgehead atoms. The van der Waals surface area contributed by atoms with Crippen molar-refractivity contribution in [2.75, 3.05) is 40.4 Å². The van der Waals surface area contributed by atoms with Gasteiger partial charge in [0.15, 0.2) is 5.96 Å². The average molecular weight is 446 g/mol. The van der Waals surface area contributed by atoms with Crippen LogP contribution in [0.2, 0.25) is 0 Å². The molecule has 1 aromatic carbocycles. The molecule has 5 nitrogen and oxygen atoms in total. The van der Waals surface area contributed by atoms with Crippen LogP contribution in [0.1, 0.15) is 24.0 Å². The summed E-state index contributed by atoms with van der Waals surface area (Å²) in [6.07, 6.45) is 2.51. The Kier molecular flexibility index (Phi) is 10.3. The predicted octanol–water partition coefficient (Wildman–Crippen LogP) is 2.39. The molecular formula is C18H31IN4O. The molecule has 24 heavy (non-hydrogen) atoms. The Labute approximate surface area is 163 Å². The minimum absolute atomic E-state index is 0. The summed E-state index contributed by atoms with van der Waals surface area (Å²) in [6, 6.07) is 9.01. The SMILES string of the molecule is CN=C(NCc1ccccc1C)NCC1CCCN1CCOC.I. The van der Waals surface area contributed by atoms with E-state index in [-0.39, 0.29) is 24.0 Å². The molecule has 0 amide bonds. The summed E-state index contributed by atoms with van der Waals surface area (Å²) in [7, 11) is 3.59. The van der Waals surface area contributed by atoms with Crippen molar-refractivity contribution in [1.29, 1.82) is 0 Å². The fourth-order valence-corrected chi connectivity index (χ4v) is 3.05. The van der Waals surface area contributed by atoms with E-state index in [1.54, 1.807) is 7.11 Å². The molecule has 2 rings (SSSR count). The monoisotopic (exact) mass is 446 g/mol. The fraction of sp³-hybridized carbons (Fsp3) is 0.611. The molecule has 0 spiro atoms. The molecule has 1 saturated heterocycles. The molecule has 2 N–H and O–H groups in total. The lowest BCUT2D eigenvalue weighted by Crippen LogP contribution is -2.45. The third-order valence-electron chi connectivity index (χ3n) is 4.52. The second-order valence-corrected chi connectivity index (χ2v) is 6.06. The van der Waals surface area contributed by atoms with Crippen LogP contribution in [0.3, 0.4) is 0 Å². The van der Waals surface area contributed by atoms with Gasteiger partial charge in [-0.2, -0.15) is 0 Å². The van der Waals surface area contributed by atoms with Crippen LogP contribution in [0, 0.1) is 6.92 Å². The van der Waals surface area contributed by atoms with Crippen molar-refractivity contribution in [2.45, 2.75) is 32.4 Å². The summed E-state index contributed by atoms with van der Waals surface area (Å²) in [5.41, 5.74) is 2.61. The molecule has 136 valence electrons. The Morgan fingerprint density at radius 2 is 2.12 bits per heavy atom. The quantitative estimate of drug-likeness (QED) is 0.384. The number of nitrogens with zero attached hydrogens (tertiary/aromatic N) is 2. The first-order valence-corrected chi connectivity index (χ1v) is 8.46. The number of ether oxygens (including phenoxy) is 1. The van der Waals surface area contributed by atoms with Crippen LogP contribution in [0.4, 0.5) is 0 Å². The number of halogens is 1. The molecule has 1 unspecified atom stereocenters. The highest BCUT2D eigenvalue weighted by Crippen LogP contribution is 2.15. The van der Waals surface area contributed by atoms with Crippen molar-refractivity contribution >= 4 is 29.9 Å². The molecule has 0 radical (unpaired) electrons. The molecule has 1 heterocycles. The van der Waals surface area contributed by atoms with E-state index < -0.39 is 0 Å². The van der Waals surface area contributed by atoms with Crippen molar-refractivity contribution in [3.8, 4) is 0 Å². The van der Waals surface area contributed by atoms with Gasteiger partial charge in [-0.25, -0.2) is 0 Å². The van der Waals surface area contributed by atoms with Gasteiger partial charge in [0.25, 0.3) is 0 Å². The molecule has 0 aliphatic carbocycles. The number of hydrogen-bond donors (Lipinski definition) is 2. The minimum atomic E-state index is 0. The lowest BCUT2D eigenvalue weighted by molar-refractivity contribution is 0.141. The minimum Gasteiger partial charge on any atom is -0.383 e. The number of hydrogen-bond acceptors (Lipinski definition) is 3. The largest absolute Gasteiger partial charge is 0.383 e. The highest BCUT2D eigenvalue weighted by Gasteiger charge is 2.23. The summed E-state index contributed by atoms with van der Waals surface area (Å²) >= 11 is 0. The maximum Gasteiger partial charge on any atom is 0.191 e. The van der Waals surface area contributed by atoms with Crippen molar-refractivity contribution in [1.82, 2.24) is 15.5 Å². The molecule has 6 heteroatoms. The molecule has 0 aromatic heterocycles. The molecule has 1 fully saturated rings. The van der Waals surface area contributed by atoms with Gasteiger partial charge in [-0.3, -0.25) is 9.89 Å². The number of aryl methyl sites for hydroxylation is 1. The standard InChI is InChI=1S/C18H30N4O.HI/c1-15-7-4-5-8-16(15)13-20-18(19-2)21-14-17-9-6-10-22(17)11-12-23-3;/h4-5,7-8,17H,6,9-14H2,1-3H3,(H2,19,20,21);1H. The van der Waals surface area contributed by atoms with Crippen molar-refractivity contribution in [3.05, 3.63) is 35.4 Å². The lowest BCUT2D eigenvalue weighted by Gasteiger charge is -2.25. The summed E-state index contributed by atoms with van der Waals surface area (Å²) in [5, 5.41) is 6.87. The first kappa shape index (κ1) is 21.2. The van der Waals surface area contributed by atoms with Gasteiger partial charge in [0.1, 0.15) is 0 Å². The maximum absolute atomic E-state index is 5.20.